The summed E-state index contributed by atoms with van der Waals surface area (Å²) in [7, 11) is 1.25. The lowest BCUT2D eigenvalue weighted by atomic mass is 10.2. The molecular formula is C16H13N3O5. The number of methoxy groups -OCH3 is 1. The molecule has 0 unspecified atom stereocenters. The zero-order valence-corrected chi connectivity index (χ0v) is 12.7. The Morgan fingerprint density at radius 1 is 1.25 bits per heavy atom. The smallest absolute Gasteiger partial charge is 0.421 e. The number of nitrogens with zero attached hydrogens (tertiary/aromatic N) is 2. The van der Waals surface area contributed by atoms with E-state index < -0.39 is 17.6 Å². The number of esters is 1. The number of pyridine rings is 1. The van der Waals surface area contributed by atoms with Crippen LogP contribution in [-0.4, -0.2) is 28.5 Å². The molecular weight excluding hydrogens is 314 g/mol. The number of amides is 1. The lowest BCUT2D eigenvalue weighted by Crippen LogP contribution is -2.25. The first-order chi connectivity index (χ1) is 11.6. The van der Waals surface area contributed by atoms with E-state index >= 15 is 0 Å². The molecule has 2 heterocycles. The van der Waals surface area contributed by atoms with Crippen LogP contribution >= 0.6 is 0 Å². The molecule has 8 nitrogen and oxygen atoms in total. The van der Waals surface area contributed by atoms with Crippen molar-refractivity contribution in [2.24, 2.45) is 0 Å². The molecule has 0 atom stereocenters. The van der Waals surface area contributed by atoms with Gasteiger partial charge in [-0.1, -0.05) is 12.1 Å². The third-order valence-electron chi connectivity index (χ3n) is 3.33. The number of benzene rings is 1. The van der Waals surface area contributed by atoms with Crippen molar-refractivity contribution >= 4 is 28.8 Å². The average Bonchev–Trinajstić information content (AvgIpc) is 2.90. The lowest BCUT2D eigenvalue weighted by molar-refractivity contribution is -0.116. The van der Waals surface area contributed by atoms with Gasteiger partial charge in [0.05, 0.1) is 18.4 Å². The predicted molar refractivity (Wildman–Crippen MR) is 84.7 cm³/mol. The third kappa shape index (κ3) is 2.89. The summed E-state index contributed by atoms with van der Waals surface area (Å²) in [6, 6.07) is 9.64. The van der Waals surface area contributed by atoms with Gasteiger partial charge in [0.15, 0.2) is 11.2 Å². The van der Waals surface area contributed by atoms with Crippen LogP contribution in [-0.2, 0) is 16.1 Å². The summed E-state index contributed by atoms with van der Waals surface area (Å²) in [6.45, 7) is -0.293. The van der Waals surface area contributed by atoms with E-state index in [2.05, 4.69) is 15.0 Å². The maximum absolute atomic E-state index is 12.2. The van der Waals surface area contributed by atoms with Crippen molar-refractivity contribution in [2.75, 3.05) is 12.4 Å². The molecule has 0 fully saturated rings. The van der Waals surface area contributed by atoms with E-state index in [4.69, 9.17) is 4.42 Å². The summed E-state index contributed by atoms with van der Waals surface area (Å²) in [5.41, 5.74) is 1.09. The van der Waals surface area contributed by atoms with Crippen molar-refractivity contribution in [1.82, 2.24) is 9.55 Å². The monoisotopic (exact) mass is 327 g/mol. The van der Waals surface area contributed by atoms with Crippen LogP contribution in [0, 0.1) is 0 Å². The van der Waals surface area contributed by atoms with Crippen LogP contribution < -0.4 is 11.1 Å². The molecule has 0 saturated heterocycles. The van der Waals surface area contributed by atoms with Gasteiger partial charge in [0, 0.05) is 6.20 Å². The van der Waals surface area contributed by atoms with Gasteiger partial charge in [0.2, 0.25) is 5.91 Å². The summed E-state index contributed by atoms with van der Waals surface area (Å²) in [6.07, 6.45) is 1.50. The van der Waals surface area contributed by atoms with Crippen LogP contribution in [0.4, 0.5) is 5.69 Å². The summed E-state index contributed by atoms with van der Waals surface area (Å²) in [4.78, 5) is 39.8. The van der Waals surface area contributed by atoms with E-state index in [9.17, 15) is 14.4 Å². The average molecular weight is 327 g/mol. The van der Waals surface area contributed by atoms with Crippen molar-refractivity contribution in [2.45, 2.75) is 6.54 Å². The minimum Gasteiger partial charge on any atom is -0.465 e. The van der Waals surface area contributed by atoms with Crippen molar-refractivity contribution in [3.8, 4) is 0 Å². The molecule has 3 rings (SSSR count). The summed E-state index contributed by atoms with van der Waals surface area (Å²) >= 11 is 0. The van der Waals surface area contributed by atoms with Gasteiger partial charge in [-0.3, -0.25) is 4.79 Å². The zero-order chi connectivity index (χ0) is 17.1. The first-order valence-electron chi connectivity index (χ1n) is 7.01. The number of nitrogens with one attached hydrogen (secondary N) is 1. The highest BCUT2D eigenvalue weighted by Gasteiger charge is 2.16. The highest BCUT2D eigenvalue weighted by Crippen LogP contribution is 2.16. The molecule has 0 bridgehead atoms. The normalized spacial score (nSPS) is 10.5. The molecule has 0 saturated carbocycles. The zero-order valence-electron chi connectivity index (χ0n) is 12.7. The Balaban J connectivity index is 1.85. The van der Waals surface area contributed by atoms with E-state index in [0.29, 0.717) is 11.3 Å². The molecule has 1 aromatic carbocycles. The van der Waals surface area contributed by atoms with E-state index in [1.807, 2.05) is 0 Å². The molecule has 2 aromatic heterocycles. The van der Waals surface area contributed by atoms with Gasteiger partial charge in [-0.2, -0.15) is 0 Å². The second-order valence-corrected chi connectivity index (χ2v) is 4.86. The molecule has 1 amide bonds. The van der Waals surface area contributed by atoms with E-state index in [1.54, 1.807) is 30.3 Å². The third-order valence-corrected chi connectivity index (χ3v) is 3.33. The standard InChI is InChI=1S/C16H13N3O5/c1-23-15(21)10-5-2-3-6-11(10)18-13(20)9-19-14-12(24-16(19)22)7-4-8-17-14/h2-8H,9H2,1H3,(H,18,20). The van der Waals surface area contributed by atoms with Crippen molar-refractivity contribution in [3.63, 3.8) is 0 Å². The minimum absolute atomic E-state index is 0.218. The minimum atomic E-state index is -0.680. The summed E-state index contributed by atoms with van der Waals surface area (Å²) < 4.78 is 10.8. The fourth-order valence-electron chi connectivity index (χ4n) is 2.25. The number of hydrogen-bond acceptors (Lipinski definition) is 6. The fraction of sp³-hybridized carbons (Fsp3) is 0.125. The molecule has 24 heavy (non-hydrogen) atoms. The number of ether oxygens (including phenoxy) is 1. The number of para-hydroxylation sites is 1. The molecule has 8 heteroatoms. The Morgan fingerprint density at radius 3 is 2.83 bits per heavy atom. The summed E-state index contributed by atoms with van der Waals surface area (Å²) in [5.74, 6) is -1.75. The van der Waals surface area contributed by atoms with Crippen LogP contribution in [0.5, 0.6) is 0 Å². The maximum atomic E-state index is 12.2. The van der Waals surface area contributed by atoms with Gasteiger partial charge >= 0.3 is 11.7 Å². The highest BCUT2D eigenvalue weighted by molar-refractivity contribution is 6.01. The van der Waals surface area contributed by atoms with Crippen molar-refractivity contribution < 1.29 is 18.7 Å². The van der Waals surface area contributed by atoms with Crippen LogP contribution in [0.15, 0.2) is 51.8 Å². The number of oxazole rings is 1. The summed E-state index contributed by atoms with van der Waals surface area (Å²) in [5, 5.41) is 2.59. The van der Waals surface area contributed by atoms with Gasteiger partial charge in [-0.05, 0) is 24.3 Å². The molecule has 3 aromatic rings. The first kappa shape index (κ1) is 15.5. The van der Waals surface area contributed by atoms with Gasteiger partial charge in [0.1, 0.15) is 6.54 Å². The second kappa shape index (κ2) is 6.37. The number of carbonyl (C=O) groups excluding carboxylic acids is 2. The van der Waals surface area contributed by atoms with Crippen LogP contribution in [0.3, 0.4) is 0 Å². The number of aromatic nitrogens is 2. The number of rotatable bonds is 4. The number of anilines is 1. The Morgan fingerprint density at radius 2 is 2.04 bits per heavy atom. The van der Waals surface area contributed by atoms with Crippen molar-refractivity contribution in [3.05, 3.63) is 58.7 Å². The second-order valence-electron chi connectivity index (χ2n) is 4.86. The molecule has 1 N–H and O–H groups in total. The first-order valence-corrected chi connectivity index (χ1v) is 7.01. The van der Waals surface area contributed by atoms with Gasteiger partial charge < -0.3 is 14.5 Å². The quantitative estimate of drug-likeness (QED) is 0.727. The van der Waals surface area contributed by atoms with E-state index in [0.717, 1.165) is 4.57 Å². The largest absolute Gasteiger partial charge is 0.465 e. The van der Waals surface area contributed by atoms with Gasteiger partial charge in [0.25, 0.3) is 0 Å². The molecule has 0 spiro atoms. The predicted octanol–water partition coefficient (Wildman–Crippen LogP) is 1.41. The lowest BCUT2D eigenvalue weighted by Gasteiger charge is -2.09. The Kier molecular flexibility index (Phi) is 4.11. The fourth-order valence-corrected chi connectivity index (χ4v) is 2.25. The highest BCUT2D eigenvalue weighted by atomic mass is 16.5. The van der Waals surface area contributed by atoms with Crippen LogP contribution in [0.25, 0.3) is 11.2 Å². The van der Waals surface area contributed by atoms with Crippen molar-refractivity contribution in [1.29, 1.82) is 0 Å². The topological polar surface area (TPSA) is 103 Å². The Labute approximate surface area is 135 Å². The van der Waals surface area contributed by atoms with E-state index in [1.165, 1.54) is 19.4 Å². The molecule has 0 aliphatic heterocycles. The molecule has 0 radical (unpaired) electrons. The Bertz CT molecular complexity index is 973. The number of fused-ring (bicyclic) bond motifs is 1. The molecule has 0 aliphatic carbocycles. The SMILES string of the molecule is COC(=O)c1ccccc1NC(=O)Cn1c(=O)oc2cccnc21. The number of carbonyl (C=O) groups is 2. The van der Waals surface area contributed by atoms with Gasteiger partial charge in [-0.15, -0.1) is 0 Å². The Hall–Kier alpha value is -3.42. The maximum Gasteiger partial charge on any atom is 0.421 e. The van der Waals surface area contributed by atoms with Crippen LogP contribution in [0.2, 0.25) is 0 Å². The van der Waals surface area contributed by atoms with E-state index in [-0.39, 0.29) is 17.8 Å². The number of hydrogen-bond donors (Lipinski definition) is 1. The van der Waals surface area contributed by atoms with Gasteiger partial charge in [-0.25, -0.2) is 19.1 Å². The van der Waals surface area contributed by atoms with Crippen LogP contribution in [0.1, 0.15) is 10.4 Å². The molecule has 0 aliphatic rings. The molecule has 122 valence electrons.